The Hall–Kier alpha value is -3.97. The number of nitrogens with zero attached hydrogens (tertiary/aromatic N) is 2. The lowest BCUT2D eigenvalue weighted by Gasteiger charge is -2.04. The van der Waals surface area contributed by atoms with Gasteiger partial charge in [0.1, 0.15) is 10.7 Å². The van der Waals surface area contributed by atoms with Gasteiger partial charge in [-0.1, -0.05) is 66.2 Å². The molecular weight excluding hydrogens is 404 g/mol. The lowest BCUT2D eigenvalue weighted by molar-refractivity contribution is -0.384. The van der Waals surface area contributed by atoms with Crippen molar-refractivity contribution < 1.29 is 9.72 Å². The maximum atomic E-state index is 12.8. The molecule has 3 aromatic carbocycles. The molecule has 0 unspecified atom stereocenters. The van der Waals surface area contributed by atoms with Crippen LogP contribution in [0.25, 0.3) is 22.0 Å². The summed E-state index contributed by atoms with van der Waals surface area (Å²) in [7, 11) is 0. The molecule has 0 aliphatic heterocycles. The Bertz CT molecular complexity index is 1280. The highest BCUT2D eigenvalue weighted by Crippen LogP contribution is 2.32. The summed E-state index contributed by atoms with van der Waals surface area (Å²) in [4.78, 5) is 26.4. The van der Waals surface area contributed by atoms with Gasteiger partial charge in [0.15, 0.2) is 0 Å². The number of halogens is 1. The Morgan fingerprint density at radius 3 is 2.57 bits per heavy atom. The number of aromatic amines is 1. The monoisotopic (exact) mass is 418 g/mol. The van der Waals surface area contributed by atoms with Gasteiger partial charge in [0.25, 0.3) is 11.6 Å². The predicted molar refractivity (Wildman–Crippen MR) is 117 cm³/mol. The average molecular weight is 419 g/mol. The van der Waals surface area contributed by atoms with Crippen molar-refractivity contribution in [2.45, 2.75) is 0 Å². The van der Waals surface area contributed by atoms with Crippen LogP contribution in [-0.2, 0) is 0 Å². The van der Waals surface area contributed by atoms with Gasteiger partial charge in [0, 0.05) is 28.1 Å². The van der Waals surface area contributed by atoms with Crippen molar-refractivity contribution in [1.29, 1.82) is 0 Å². The standard InChI is InChI=1S/C22H15ClN4O3/c23-17-11-10-14(12-19(17)27(29)30)13-24-26-22(28)21-20(15-6-2-1-3-7-15)16-8-4-5-9-18(16)25-21/h1-13,25H,(H,26,28)/b24-13-. The lowest BCUT2D eigenvalue weighted by Crippen LogP contribution is -2.18. The smallest absolute Gasteiger partial charge is 0.288 e. The number of aromatic nitrogens is 1. The molecule has 1 heterocycles. The molecule has 4 rings (SSSR count). The van der Waals surface area contributed by atoms with E-state index in [1.807, 2.05) is 54.6 Å². The van der Waals surface area contributed by atoms with Crippen LogP contribution in [0.5, 0.6) is 0 Å². The van der Waals surface area contributed by atoms with Gasteiger partial charge in [0.2, 0.25) is 0 Å². The Morgan fingerprint density at radius 1 is 1.07 bits per heavy atom. The summed E-state index contributed by atoms with van der Waals surface area (Å²) in [5, 5.41) is 15.9. The second-order valence-electron chi connectivity index (χ2n) is 6.45. The van der Waals surface area contributed by atoms with Crippen LogP contribution in [0.2, 0.25) is 5.02 Å². The minimum atomic E-state index is -0.575. The molecule has 7 nitrogen and oxygen atoms in total. The molecule has 1 amide bonds. The Labute approximate surface area is 176 Å². The molecule has 0 atom stereocenters. The molecule has 0 fully saturated rings. The van der Waals surface area contributed by atoms with E-state index in [9.17, 15) is 14.9 Å². The van der Waals surface area contributed by atoms with Crippen LogP contribution in [-0.4, -0.2) is 22.0 Å². The van der Waals surface area contributed by atoms with Gasteiger partial charge in [0.05, 0.1) is 11.1 Å². The summed E-state index contributed by atoms with van der Waals surface area (Å²) in [5.74, 6) is -0.426. The molecule has 4 aromatic rings. The number of hydrogen-bond donors (Lipinski definition) is 2. The minimum Gasteiger partial charge on any atom is -0.350 e. The molecule has 2 N–H and O–H groups in total. The van der Waals surface area contributed by atoms with E-state index in [1.54, 1.807) is 6.07 Å². The largest absolute Gasteiger partial charge is 0.350 e. The average Bonchev–Trinajstić information content (AvgIpc) is 3.15. The predicted octanol–water partition coefficient (Wildman–Crippen LogP) is 5.16. The van der Waals surface area contributed by atoms with Gasteiger partial charge in [-0.05, 0) is 17.7 Å². The number of para-hydroxylation sites is 1. The highest BCUT2D eigenvalue weighted by atomic mass is 35.5. The highest BCUT2D eigenvalue weighted by molar-refractivity contribution is 6.32. The van der Waals surface area contributed by atoms with Crippen molar-refractivity contribution >= 4 is 40.3 Å². The summed E-state index contributed by atoms with van der Waals surface area (Å²) in [6.07, 6.45) is 1.33. The summed E-state index contributed by atoms with van der Waals surface area (Å²) >= 11 is 5.81. The number of benzene rings is 3. The Kier molecular flexibility index (Phi) is 5.28. The zero-order chi connectivity index (χ0) is 21.1. The number of amides is 1. The maximum Gasteiger partial charge on any atom is 0.288 e. The summed E-state index contributed by atoms with van der Waals surface area (Å²) in [6, 6.07) is 21.5. The summed E-state index contributed by atoms with van der Waals surface area (Å²) < 4.78 is 0. The molecule has 0 saturated carbocycles. The lowest BCUT2D eigenvalue weighted by atomic mass is 10.0. The number of carbonyl (C=O) groups is 1. The first kappa shape index (κ1) is 19.4. The van der Waals surface area contributed by atoms with Crippen LogP contribution in [0.4, 0.5) is 5.69 Å². The van der Waals surface area contributed by atoms with Crippen molar-refractivity contribution in [3.05, 3.63) is 99.2 Å². The molecule has 148 valence electrons. The number of nitrogens with one attached hydrogen (secondary N) is 2. The number of hydrogen-bond acceptors (Lipinski definition) is 4. The van der Waals surface area contributed by atoms with E-state index in [1.165, 1.54) is 18.3 Å². The SMILES string of the molecule is O=C(N/N=C\c1ccc(Cl)c([N+](=O)[O-])c1)c1[nH]c2ccccc2c1-c1ccccc1. The van der Waals surface area contributed by atoms with E-state index in [4.69, 9.17) is 11.6 Å². The third-order valence-corrected chi connectivity index (χ3v) is 4.86. The van der Waals surface area contributed by atoms with E-state index in [-0.39, 0.29) is 10.7 Å². The molecule has 30 heavy (non-hydrogen) atoms. The van der Waals surface area contributed by atoms with Gasteiger partial charge in [-0.15, -0.1) is 0 Å². The second-order valence-corrected chi connectivity index (χ2v) is 6.86. The number of carbonyl (C=O) groups excluding carboxylic acids is 1. The third-order valence-electron chi connectivity index (χ3n) is 4.54. The van der Waals surface area contributed by atoms with Crippen LogP contribution in [0.1, 0.15) is 16.1 Å². The van der Waals surface area contributed by atoms with E-state index in [0.717, 1.165) is 22.0 Å². The number of rotatable bonds is 5. The molecule has 0 spiro atoms. The molecule has 8 heteroatoms. The first-order chi connectivity index (χ1) is 14.5. The molecule has 0 radical (unpaired) electrons. The molecule has 0 saturated heterocycles. The van der Waals surface area contributed by atoms with Crippen molar-refractivity contribution in [1.82, 2.24) is 10.4 Å². The van der Waals surface area contributed by atoms with Crippen molar-refractivity contribution in [3.63, 3.8) is 0 Å². The second kappa shape index (κ2) is 8.18. The summed E-state index contributed by atoms with van der Waals surface area (Å²) in [5.41, 5.74) is 5.57. The van der Waals surface area contributed by atoms with Crippen LogP contribution in [0.3, 0.4) is 0 Å². The van der Waals surface area contributed by atoms with E-state index < -0.39 is 10.8 Å². The normalized spacial score (nSPS) is 11.1. The van der Waals surface area contributed by atoms with Crippen molar-refractivity contribution in [2.24, 2.45) is 5.10 Å². The Balaban J connectivity index is 1.64. The maximum absolute atomic E-state index is 12.8. The van der Waals surface area contributed by atoms with E-state index in [2.05, 4.69) is 15.5 Å². The zero-order valence-electron chi connectivity index (χ0n) is 15.5. The molecule has 0 aliphatic rings. The fraction of sp³-hybridized carbons (Fsp3) is 0. The van der Waals surface area contributed by atoms with Crippen molar-refractivity contribution in [2.75, 3.05) is 0 Å². The van der Waals surface area contributed by atoms with Crippen LogP contribution >= 0.6 is 11.6 Å². The quantitative estimate of drug-likeness (QED) is 0.266. The minimum absolute atomic E-state index is 0.0340. The third kappa shape index (κ3) is 3.78. The summed E-state index contributed by atoms with van der Waals surface area (Å²) in [6.45, 7) is 0. The number of H-pyrrole nitrogens is 1. The fourth-order valence-corrected chi connectivity index (χ4v) is 3.37. The van der Waals surface area contributed by atoms with Gasteiger partial charge >= 0.3 is 0 Å². The first-order valence-corrected chi connectivity index (χ1v) is 9.36. The molecule has 0 aliphatic carbocycles. The van der Waals surface area contributed by atoms with E-state index >= 15 is 0 Å². The zero-order valence-corrected chi connectivity index (χ0v) is 16.3. The number of fused-ring (bicyclic) bond motifs is 1. The number of hydrazone groups is 1. The van der Waals surface area contributed by atoms with Gasteiger partial charge in [-0.2, -0.15) is 5.10 Å². The van der Waals surface area contributed by atoms with Gasteiger partial charge < -0.3 is 4.98 Å². The number of nitro benzene ring substituents is 1. The van der Waals surface area contributed by atoms with Crippen LogP contribution in [0, 0.1) is 10.1 Å². The van der Waals surface area contributed by atoms with Crippen LogP contribution < -0.4 is 5.43 Å². The van der Waals surface area contributed by atoms with Gasteiger partial charge in [-0.25, -0.2) is 5.43 Å². The van der Waals surface area contributed by atoms with Crippen LogP contribution in [0.15, 0.2) is 77.9 Å². The van der Waals surface area contributed by atoms with E-state index in [0.29, 0.717) is 11.3 Å². The molecule has 1 aromatic heterocycles. The van der Waals surface area contributed by atoms with Crippen molar-refractivity contribution in [3.8, 4) is 11.1 Å². The molecular formula is C22H15ClN4O3. The Morgan fingerprint density at radius 2 is 1.80 bits per heavy atom. The topological polar surface area (TPSA) is 100 Å². The number of nitro groups is 1. The first-order valence-electron chi connectivity index (χ1n) is 8.98. The van der Waals surface area contributed by atoms with Gasteiger partial charge in [-0.3, -0.25) is 14.9 Å². The molecule has 0 bridgehead atoms. The fourth-order valence-electron chi connectivity index (χ4n) is 3.19. The highest BCUT2D eigenvalue weighted by Gasteiger charge is 2.18.